The summed E-state index contributed by atoms with van der Waals surface area (Å²) in [5.41, 5.74) is -0.224. The Balaban J connectivity index is 3.58. The molecule has 0 aromatic heterocycles. The standard InChI is InChI=1S/C10H6FNO2/c1-6(14)10-7(4-12)2-9(11)3-8(10)5-13/h2-3,5H,1H3. The van der Waals surface area contributed by atoms with Gasteiger partial charge in [-0.05, 0) is 19.1 Å². The predicted octanol–water partition coefficient (Wildman–Crippen LogP) is 1.71. The summed E-state index contributed by atoms with van der Waals surface area (Å²) in [6, 6.07) is 3.54. The van der Waals surface area contributed by atoms with E-state index in [2.05, 4.69) is 0 Å². The number of benzene rings is 1. The lowest BCUT2D eigenvalue weighted by Crippen LogP contribution is -2.03. The predicted molar refractivity (Wildman–Crippen MR) is 46.5 cm³/mol. The molecule has 0 atom stereocenters. The number of nitrogens with zero attached hydrogens (tertiary/aromatic N) is 1. The van der Waals surface area contributed by atoms with E-state index in [0.717, 1.165) is 12.1 Å². The maximum atomic E-state index is 12.8. The van der Waals surface area contributed by atoms with Crippen LogP contribution in [0.1, 0.15) is 33.2 Å². The van der Waals surface area contributed by atoms with Gasteiger partial charge in [0, 0.05) is 11.1 Å². The molecule has 4 heteroatoms. The lowest BCUT2D eigenvalue weighted by atomic mass is 9.99. The molecule has 1 aromatic rings. The van der Waals surface area contributed by atoms with E-state index in [1.807, 2.05) is 0 Å². The summed E-state index contributed by atoms with van der Waals surface area (Å²) in [6.45, 7) is 1.22. The second-order valence-corrected chi connectivity index (χ2v) is 2.70. The Morgan fingerprint density at radius 2 is 2.21 bits per heavy atom. The second-order valence-electron chi connectivity index (χ2n) is 2.70. The molecule has 0 spiro atoms. The van der Waals surface area contributed by atoms with Crippen molar-refractivity contribution in [2.24, 2.45) is 0 Å². The van der Waals surface area contributed by atoms with Crippen molar-refractivity contribution in [1.82, 2.24) is 0 Å². The first-order valence-electron chi connectivity index (χ1n) is 3.80. The molecule has 0 radical (unpaired) electrons. The van der Waals surface area contributed by atoms with E-state index < -0.39 is 11.6 Å². The van der Waals surface area contributed by atoms with Crippen molar-refractivity contribution >= 4 is 12.1 Å². The molecule has 0 saturated carbocycles. The normalized spacial score (nSPS) is 9.21. The zero-order valence-corrected chi connectivity index (χ0v) is 7.37. The summed E-state index contributed by atoms with van der Waals surface area (Å²) >= 11 is 0. The molecule has 0 aliphatic carbocycles. The molecule has 14 heavy (non-hydrogen) atoms. The van der Waals surface area contributed by atoms with Crippen molar-refractivity contribution in [2.45, 2.75) is 6.92 Å². The molecule has 0 heterocycles. The maximum absolute atomic E-state index is 12.8. The minimum absolute atomic E-state index is 0.0242. The third-order valence-corrected chi connectivity index (χ3v) is 1.73. The van der Waals surface area contributed by atoms with Gasteiger partial charge in [-0.1, -0.05) is 0 Å². The first-order valence-corrected chi connectivity index (χ1v) is 3.80. The second kappa shape index (κ2) is 3.79. The largest absolute Gasteiger partial charge is 0.298 e. The smallest absolute Gasteiger partial charge is 0.161 e. The number of hydrogen-bond donors (Lipinski definition) is 0. The molecule has 0 saturated heterocycles. The van der Waals surface area contributed by atoms with E-state index >= 15 is 0 Å². The number of hydrogen-bond acceptors (Lipinski definition) is 3. The van der Waals surface area contributed by atoms with Crippen LogP contribution in [0.4, 0.5) is 4.39 Å². The zero-order chi connectivity index (χ0) is 10.7. The first-order chi connectivity index (χ1) is 6.60. The lowest BCUT2D eigenvalue weighted by Gasteiger charge is -2.02. The monoisotopic (exact) mass is 191 g/mol. The molecular formula is C10H6FNO2. The third-order valence-electron chi connectivity index (χ3n) is 1.73. The third kappa shape index (κ3) is 1.67. The van der Waals surface area contributed by atoms with E-state index in [1.54, 1.807) is 6.07 Å². The quantitative estimate of drug-likeness (QED) is 0.528. The van der Waals surface area contributed by atoms with Gasteiger partial charge >= 0.3 is 0 Å². The highest BCUT2D eigenvalue weighted by molar-refractivity contribution is 6.03. The molecule has 0 N–H and O–H groups in total. The average molecular weight is 191 g/mol. The van der Waals surface area contributed by atoms with Crippen molar-refractivity contribution in [2.75, 3.05) is 0 Å². The van der Waals surface area contributed by atoms with Gasteiger partial charge in [-0.25, -0.2) is 4.39 Å². The number of halogens is 1. The van der Waals surface area contributed by atoms with Crippen LogP contribution in [0.5, 0.6) is 0 Å². The molecular weight excluding hydrogens is 185 g/mol. The summed E-state index contributed by atoms with van der Waals surface area (Å²) in [5, 5.41) is 8.63. The van der Waals surface area contributed by atoms with Crippen molar-refractivity contribution < 1.29 is 14.0 Å². The number of carbonyl (C=O) groups is 2. The van der Waals surface area contributed by atoms with E-state index in [9.17, 15) is 14.0 Å². The average Bonchev–Trinajstić information content (AvgIpc) is 2.15. The number of aldehydes is 1. The van der Waals surface area contributed by atoms with Gasteiger partial charge in [-0.3, -0.25) is 9.59 Å². The number of nitriles is 1. The highest BCUT2D eigenvalue weighted by Crippen LogP contribution is 2.15. The summed E-state index contributed by atoms with van der Waals surface area (Å²) in [7, 11) is 0. The number of rotatable bonds is 2. The Bertz CT molecular complexity index is 446. The van der Waals surface area contributed by atoms with Crippen LogP contribution in [-0.2, 0) is 0 Å². The summed E-state index contributed by atoms with van der Waals surface area (Å²) in [4.78, 5) is 21.6. The van der Waals surface area contributed by atoms with Crippen molar-refractivity contribution in [1.29, 1.82) is 5.26 Å². The van der Waals surface area contributed by atoms with Crippen LogP contribution in [0.25, 0.3) is 0 Å². The fourth-order valence-corrected chi connectivity index (χ4v) is 1.20. The molecule has 1 aromatic carbocycles. The Hall–Kier alpha value is -2.02. The van der Waals surface area contributed by atoms with Crippen LogP contribution in [0.15, 0.2) is 12.1 Å². The van der Waals surface area contributed by atoms with Gasteiger partial charge in [0.25, 0.3) is 0 Å². The zero-order valence-electron chi connectivity index (χ0n) is 7.37. The summed E-state index contributed by atoms with van der Waals surface area (Å²) in [6.07, 6.45) is 0.362. The van der Waals surface area contributed by atoms with Crippen LogP contribution in [0.3, 0.4) is 0 Å². The molecule has 0 aliphatic rings. The van der Waals surface area contributed by atoms with Crippen LogP contribution < -0.4 is 0 Å². The SMILES string of the molecule is CC(=O)c1c(C#N)cc(F)cc1C=O. The van der Waals surface area contributed by atoms with Crippen LogP contribution in [0.2, 0.25) is 0 Å². The fraction of sp³-hybridized carbons (Fsp3) is 0.100. The van der Waals surface area contributed by atoms with Crippen molar-refractivity contribution in [3.05, 3.63) is 34.6 Å². The molecule has 0 aliphatic heterocycles. The number of carbonyl (C=O) groups excluding carboxylic acids is 2. The highest BCUT2D eigenvalue weighted by atomic mass is 19.1. The van der Waals surface area contributed by atoms with Crippen molar-refractivity contribution in [3.8, 4) is 6.07 Å². The minimum atomic E-state index is -0.700. The van der Waals surface area contributed by atoms with E-state index in [1.165, 1.54) is 6.92 Å². The van der Waals surface area contributed by atoms with Crippen LogP contribution in [0, 0.1) is 17.1 Å². The molecule has 0 amide bonds. The van der Waals surface area contributed by atoms with Gasteiger partial charge in [0.2, 0.25) is 0 Å². The van der Waals surface area contributed by atoms with Gasteiger partial charge in [-0.2, -0.15) is 5.26 Å². The van der Waals surface area contributed by atoms with E-state index in [4.69, 9.17) is 5.26 Å². The first kappa shape index (κ1) is 10.1. The molecule has 70 valence electrons. The molecule has 3 nitrogen and oxygen atoms in total. The van der Waals surface area contributed by atoms with E-state index in [0.29, 0.717) is 6.29 Å². The van der Waals surface area contributed by atoms with Gasteiger partial charge in [-0.15, -0.1) is 0 Å². The lowest BCUT2D eigenvalue weighted by molar-refractivity contribution is 0.100. The Labute approximate surface area is 79.8 Å². The topological polar surface area (TPSA) is 57.9 Å². The van der Waals surface area contributed by atoms with Gasteiger partial charge in [0.1, 0.15) is 11.9 Å². The number of Topliss-reactive ketones (excluding diaryl/α,β-unsaturated/α-hetero) is 1. The van der Waals surface area contributed by atoms with Gasteiger partial charge < -0.3 is 0 Å². The molecule has 0 unspecified atom stereocenters. The molecule has 1 rings (SSSR count). The number of ketones is 1. The Kier molecular flexibility index (Phi) is 2.73. The van der Waals surface area contributed by atoms with Crippen molar-refractivity contribution in [3.63, 3.8) is 0 Å². The van der Waals surface area contributed by atoms with Crippen LogP contribution >= 0.6 is 0 Å². The Morgan fingerprint density at radius 1 is 1.57 bits per heavy atom. The molecule has 0 bridgehead atoms. The summed E-state index contributed by atoms with van der Waals surface area (Å²) in [5.74, 6) is -1.13. The van der Waals surface area contributed by atoms with Gasteiger partial charge in [0.15, 0.2) is 12.1 Å². The molecule has 0 fully saturated rings. The fourth-order valence-electron chi connectivity index (χ4n) is 1.20. The van der Waals surface area contributed by atoms with Crippen LogP contribution in [-0.4, -0.2) is 12.1 Å². The van der Waals surface area contributed by atoms with E-state index in [-0.39, 0.29) is 16.7 Å². The summed E-state index contributed by atoms with van der Waals surface area (Å²) < 4.78 is 12.8. The minimum Gasteiger partial charge on any atom is -0.298 e. The maximum Gasteiger partial charge on any atom is 0.161 e. The van der Waals surface area contributed by atoms with Gasteiger partial charge in [0.05, 0.1) is 5.56 Å². The highest BCUT2D eigenvalue weighted by Gasteiger charge is 2.14. The Morgan fingerprint density at radius 3 is 2.64 bits per heavy atom.